The molecule has 4 heteroatoms. The lowest BCUT2D eigenvalue weighted by Crippen LogP contribution is -2.76. The fourth-order valence-electron chi connectivity index (χ4n) is 3.97. The van der Waals surface area contributed by atoms with Gasteiger partial charge in [-0.05, 0) is 57.8 Å². The largest absolute Gasteiger partial charge is 0.444 e. The highest BCUT2D eigenvalue weighted by Gasteiger charge is 2.71. The van der Waals surface area contributed by atoms with Gasteiger partial charge in [-0.15, -0.1) is 0 Å². The fourth-order valence-corrected chi connectivity index (χ4v) is 3.97. The standard InChI is InChI=1S/C14H23NO3/c1-12(2,3)18-11(16)15-14-7-13(8-14,9-14)10-4-5-17-6-10/h10H,4-9H2,1-3H3,(H,15,16). The van der Waals surface area contributed by atoms with Crippen LogP contribution < -0.4 is 5.32 Å². The number of alkyl carbamates (subject to hydrolysis) is 1. The smallest absolute Gasteiger partial charge is 0.408 e. The SMILES string of the molecule is CC(C)(C)OC(=O)NC12CC(C3CCOC3)(C1)C2. The molecule has 2 bridgehead atoms. The average molecular weight is 253 g/mol. The zero-order valence-corrected chi connectivity index (χ0v) is 11.5. The Morgan fingerprint density at radius 1 is 1.33 bits per heavy atom. The summed E-state index contributed by atoms with van der Waals surface area (Å²) in [4.78, 5) is 11.8. The lowest BCUT2D eigenvalue weighted by Gasteiger charge is -2.72. The summed E-state index contributed by atoms with van der Waals surface area (Å²) >= 11 is 0. The highest BCUT2D eigenvalue weighted by molar-refractivity contribution is 5.70. The maximum absolute atomic E-state index is 11.8. The number of ether oxygens (including phenoxy) is 2. The van der Waals surface area contributed by atoms with Crippen molar-refractivity contribution in [3.8, 4) is 0 Å². The highest BCUT2D eigenvalue weighted by Crippen LogP contribution is 2.71. The van der Waals surface area contributed by atoms with E-state index in [1.54, 1.807) is 0 Å². The van der Waals surface area contributed by atoms with Gasteiger partial charge in [-0.1, -0.05) is 0 Å². The number of hydrogen-bond acceptors (Lipinski definition) is 3. The van der Waals surface area contributed by atoms with Crippen molar-refractivity contribution in [2.75, 3.05) is 13.2 Å². The zero-order valence-electron chi connectivity index (χ0n) is 11.5. The van der Waals surface area contributed by atoms with Gasteiger partial charge in [0.25, 0.3) is 0 Å². The summed E-state index contributed by atoms with van der Waals surface area (Å²) in [6, 6.07) is 0. The Bertz CT molecular complexity index is 346. The van der Waals surface area contributed by atoms with E-state index < -0.39 is 5.60 Å². The molecule has 0 spiro atoms. The summed E-state index contributed by atoms with van der Waals surface area (Å²) in [5.41, 5.74) is 0.112. The summed E-state index contributed by atoms with van der Waals surface area (Å²) in [5.74, 6) is 0.722. The maximum atomic E-state index is 11.8. The summed E-state index contributed by atoms with van der Waals surface area (Å²) in [6.07, 6.45) is 4.29. The molecule has 4 nitrogen and oxygen atoms in total. The van der Waals surface area contributed by atoms with E-state index in [-0.39, 0.29) is 11.6 Å². The van der Waals surface area contributed by atoms with Crippen LogP contribution in [-0.4, -0.2) is 30.4 Å². The molecule has 0 aromatic heterocycles. The van der Waals surface area contributed by atoms with Gasteiger partial charge in [-0.25, -0.2) is 4.79 Å². The predicted octanol–water partition coefficient (Wildman–Crippen LogP) is 2.47. The third-order valence-corrected chi connectivity index (χ3v) is 4.63. The first-order valence-corrected chi connectivity index (χ1v) is 6.92. The Hall–Kier alpha value is -0.770. The van der Waals surface area contributed by atoms with E-state index in [0.717, 1.165) is 38.4 Å². The molecule has 1 atom stereocenters. The number of carbonyl (C=O) groups excluding carboxylic acids is 1. The molecule has 4 aliphatic rings. The summed E-state index contributed by atoms with van der Waals surface area (Å²) in [6.45, 7) is 7.52. The minimum absolute atomic E-state index is 0.0466. The second kappa shape index (κ2) is 3.62. The van der Waals surface area contributed by atoms with Gasteiger partial charge in [0, 0.05) is 18.8 Å². The van der Waals surface area contributed by atoms with Crippen LogP contribution in [0.2, 0.25) is 0 Å². The van der Waals surface area contributed by atoms with Crippen molar-refractivity contribution in [3.63, 3.8) is 0 Å². The van der Waals surface area contributed by atoms with Crippen molar-refractivity contribution in [3.05, 3.63) is 0 Å². The van der Waals surface area contributed by atoms with Gasteiger partial charge in [-0.2, -0.15) is 0 Å². The van der Waals surface area contributed by atoms with Gasteiger partial charge in [0.1, 0.15) is 5.60 Å². The molecule has 18 heavy (non-hydrogen) atoms. The molecule has 1 saturated heterocycles. The van der Waals surface area contributed by atoms with Crippen molar-refractivity contribution in [1.82, 2.24) is 5.32 Å². The summed E-state index contributed by atoms with van der Waals surface area (Å²) in [5, 5.41) is 3.06. The van der Waals surface area contributed by atoms with E-state index in [4.69, 9.17) is 9.47 Å². The van der Waals surface area contributed by atoms with Crippen LogP contribution in [0, 0.1) is 11.3 Å². The molecule has 4 fully saturated rings. The Balaban J connectivity index is 1.49. The van der Waals surface area contributed by atoms with E-state index >= 15 is 0 Å². The van der Waals surface area contributed by atoms with Crippen LogP contribution in [0.1, 0.15) is 46.5 Å². The van der Waals surface area contributed by atoms with E-state index in [2.05, 4.69) is 5.32 Å². The number of nitrogens with one attached hydrogen (secondary N) is 1. The molecule has 1 amide bonds. The topological polar surface area (TPSA) is 47.6 Å². The lowest BCUT2D eigenvalue weighted by atomic mass is 9.35. The highest BCUT2D eigenvalue weighted by atomic mass is 16.6. The van der Waals surface area contributed by atoms with Crippen LogP contribution in [0.3, 0.4) is 0 Å². The molecule has 0 radical (unpaired) electrons. The molecular formula is C14H23NO3. The number of carbonyl (C=O) groups is 1. The van der Waals surface area contributed by atoms with E-state index in [1.807, 2.05) is 20.8 Å². The molecule has 4 rings (SSSR count). The Labute approximate surface area is 108 Å². The first-order valence-electron chi connectivity index (χ1n) is 6.92. The van der Waals surface area contributed by atoms with Crippen LogP contribution in [-0.2, 0) is 9.47 Å². The number of rotatable bonds is 2. The fraction of sp³-hybridized carbons (Fsp3) is 0.929. The second-order valence-corrected chi connectivity index (χ2v) is 7.36. The van der Waals surface area contributed by atoms with E-state index in [9.17, 15) is 4.79 Å². The third-order valence-electron chi connectivity index (χ3n) is 4.63. The maximum Gasteiger partial charge on any atom is 0.408 e. The first-order chi connectivity index (χ1) is 8.33. The van der Waals surface area contributed by atoms with Gasteiger partial charge in [0.2, 0.25) is 0 Å². The molecule has 3 saturated carbocycles. The number of hydrogen-bond donors (Lipinski definition) is 1. The molecule has 0 aromatic carbocycles. The zero-order chi connectivity index (χ0) is 13.0. The Morgan fingerprint density at radius 3 is 2.50 bits per heavy atom. The molecular weight excluding hydrogens is 230 g/mol. The predicted molar refractivity (Wildman–Crippen MR) is 67.3 cm³/mol. The van der Waals surface area contributed by atoms with Crippen LogP contribution in [0.15, 0.2) is 0 Å². The normalized spacial score (nSPS) is 41.8. The summed E-state index contributed by atoms with van der Waals surface area (Å²) in [7, 11) is 0. The molecule has 1 N–H and O–H groups in total. The van der Waals surface area contributed by atoms with Crippen LogP contribution >= 0.6 is 0 Å². The quantitative estimate of drug-likeness (QED) is 0.822. The number of amides is 1. The van der Waals surface area contributed by atoms with E-state index in [1.165, 1.54) is 6.42 Å². The minimum Gasteiger partial charge on any atom is -0.444 e. The third kappa shape index (κ3) is 1.91. The minimum atomic E-state index is -0.412. The lowest BCUT2D eigenvalue weighted by molar-refractivity contribution is -0.187. The van der Waals surface area contributed by atoms with E-state index in [0.29, 0.717) is 5.41 Å². The Kier molecular flexibility index (Phi) is 2.47. The van der Waals surface area contributed by atoms with Crippen molar-refractivity contribution >= 4 is 6.09 Å². The van der Waals surface area contributed by atoms with Crippen LogP contribution in [0.4, 0.5) is 4.79 Å². The monoisotopic (exact) mass is 253 g/mol. The average Bonchev–Trinajstić information content (AvgIpc) is 2.57. The van der Waals surface area contributed by atoms with Gasteiger partial charge in [0.15, 0.2) is 0 Å². The molecule has 1 unspecified atom stereocenters. The molecule has 102 valence electrons. The van der Waals surface area contributed by atoms with Gasteiger partial charge in [0.05, 0.1) is 0 Å². The Morgan fingerprint density at radius 2 is 2.00 bits per heavy atom. The van der Waals surface area contributed by atoms with Crippen molar-refractivity contribution in [2.45, 2.75) is 57.6 Å². The molecule has 1 heterocycles. The first kappa shape index (κ1) is 12.3. The molecule has 3 aliphatic carbocycles. The van der Waals surface area contributed by atoms with Crippen molar-refractivity contribution in [1.29, 1.82) is 0 Å². The van der Waals surface area contributed by atoms with Gasteiger partial charge >= 0.3 is 6.09 Å². The van der Waals surface area contributed by atoms with Crippen LogP contribution in [0.5, 0.6) is 0 Å². The van der Waals surface area contributed by atoms with Gasteiger partial charge < -0.3 is 14.8 Å². The van der Waals surface area contributed by atoms with Crippen molar-refractivity contribution < 1.29 is 14.3 Å². The van der Waals surface area contributed by atoms with Gasteiger partial charge in [-0.3, -0.25) is 0 Å². The summed E-state index contributed by atoms with van der Waals surface area (Å²) < 4.78 is 10.8. The van der Waals surface area contributed by atoms with Crippen molar-refractivity contribution in [2.24, 2.45) is 11.3 Å². The molecule has 1 aliphatic heterocycles. The molecule has 0 aromatic rings. The second-order valence-electron chi connectivity index (χ2n) is 7.36. The van der Waals surface area contributed by atoms with Crippen LogP contribution in [0.25, 0.3) is 0 Å².